The van der Waals surface area contributed by atoms with E-state index in [1.54, 1.807) is 0 Å². The third-order valence-corrected chi connectivity index (χ3v) is 9.56. The maximum absolute atomic E-state index is 11.6. The molecule has 2 saturated heterocycles. The Morgan fingerprint density at radius 3 is 1.76 bits per heavy atom. The van der Waals surface area contributed by atoms with E-state index < -0.39 is 12.2 Å². The Hall–Kier alpha value is -0.990. The Morgan fingerprint density at radius 2 is 1.19 bits per heavy atom. The molecule has 8 atom stereocenters. The lowest BCUT2D eigenvalue weighted by Gasteiger charge is -2.24. The van der Waals surface area contributed by atoms with Gasteiger partial charge in [0.1, 0.15) is 6.10 Å². The van der Waals surface area contributed by atoms with Crippen LogP contribution in [0.4, 0.5) is 0 Å². The number of unbranched alkanes of at least 4 members (excludes halogenated alkanes) is 10. The summed E-state index contributed by atoms with van der Waals surface area (Å²) in [4.78, 5) is 11.6. The Balaban J connectivity index is 1.16. The molecule has 2 fully saturated rings. The molecule has 0 radical (unpaired) electrons. The predicted molar refractivity (Wildman–Crippen MR) is 166 cm³/mol. The Kier molecular flexibility index (Phi) is 17.0. The second-order valence-corrected chi connectivity index (χ2v) is 13.3. The van der Waals surface area contributed by atoms with Crippen LogP contribution in [0.3, 0.4) is 0 Å². The first-order valence-electron chi connectivity index (χ1n) is 17.6. The molecule has 0 aromatic heterocycles. The van der Waals surface area contributed by atoms with Gasteiger partial charge in [0.25, 0.3) is 0 Å². The predicted octanol–water partition coefficient (Wildman–Crippen LogP) is 7.08. The molecular weight excluding hydrogens is 532 g/mol. The molecule has 0 aromatic rings. The Labute approximate surface area is 255 Å². The highest BCUT2D eigenvalue weighted by molar-refractivity contribution is 5.90. The average molecular weight is 595 g/mol. The van der Waals surface area contributed by atoms with Crippen LogP contribution in [-0.2, 0) is 19.0 Å². The summed E-state index contributed by atoms with van der Waals surface area (Å²) in [5.41, 5.74) is 0.851. The Bertz CT molecular complexity index is 770. The van der Waals surface area contributed by atoms with Crippen molar-refractivity contribution in [3.63, 3.8) is 0 Å². The molecule has 0 saturated carbocycles. The summed E-state index contributed by atoms with van der Waals surface area (Å²) < 4.78 is 17.6. The van der Waals surface area contributed by atoms with E-state index in [1.165, 1.54) is 44.9 Å². The van der Waals surface area contributed by atoms with E-state index in [4.69, 9.17) is 14.2 Å². The first-order chi connectivity index (χ1) is 20.4. The minimum atomic E-state index is -0.482. The first-order valence-corrected chi connectivity index (χ1v) is 17.6. The van der Waals surface area contributed by atoms with Crippen LogP contribution >= 0.6 is 0 Å². The minimum Gasteiger partial charge on any atom is -0.455 e. The summed E-state index contributed by atoms with van der Waals surface area (Å²) in [6.45, 7) is 4.10. The third-order valence-electron chi connectivity index (χ3n) is 9.56. The number of rotatable bonds is 23. The molecule has 42 heavy (non-hydrogen) atoms. The van der Waals surface area contributed by atoms with E-state index in [1.807, 2.05) is 13.0 Å². The lowest BCUT2D eigenvalue weighted by Crippen LogP contribution is -2.33. The van der Waals surface area contributed by atoms with Gasteiger partial charge in [0, 0.05) is 5.57 Å². The summed E-state index contributed by atoms with van der Waals surface area (Å²) in [6, 6.07) is 0. The van der Waals surface area contributed by atoms with Crippen molar-refractivity contribution in [2.24, 2.45) is 0 Å². The molecule has 0 aliphatic carbocycles. The van der Waals surface area contributed by atoms with Crippen LogP contribution in [0.25, 0.3) is 0 Å². The van der Waals surface area contributed by atoms with Gasteiger partial charge in [-0.25, -0.2) is 4.79 Å². The van der Waals surface area contributed by atoms with Crippen molar-refractivity contribution in [1.29, 1.82) is 0 Å². The zero-order valence-corrected chi connectivity index (χ0v) is 26.7. The van der Waals surface area contributed by atoms with E-state index in [9.17, 15) is 20.1 Å². The van der Waals surface area contributed by atoms with Crippen molar-refractivity contribution < 1.29 is 34.3 Å². The quantitative estimate of drug-likeness (QED) is 0.0858. The van der Waals surface area contributed by atoms with Gasteiger partial charge in [-0.2, -0.15) is 0 Å². The fourth-order valence-electron chi connectivity index (χ4n) is 6.92. The smallest absolute Gasteiger partial charge is 0.334 e. The van der Waals surface area contributed by atoms with Crippen LogP contribution in [0, 0.1) is 0 Å². The molecule has 244 valence electrons. The summed E-state index contributed by atoms with van der Waals surface area (Å²) in [5, 5.41) is 31.6. The highest BCUT2D eigenvalue weighted by Gasteiger charge is 2.40. The molecule has 7 heteroatoms. The van der Waals surface area contributed by atoms with Crippen LogP contribution in [0.15, 0.2) is 11.6 Å². The van der Waals surface area contributed by atoms with Crippen molar-refractivity contribution in [3.05, 3.63) is 11.6 Å². The SMILES string of the molecule is CCCCCCC(O)CCC[C@H](O)[C@@H]1CC[C@@H]([C@@H]2CC[C@H]([C@H](O)CCCCCCCCCCC3=C[C@H](C)OC3=O)O2)O1. The standard InChI is InChI=1S/C35H62O7/c1-3-4-5-13-17-28(36)18-15-20-30(38)32-22-24-34(42-32)33-23-21-31(41-33)29(37)19-14-11-9-7-6-8-10-12-16-27-25-26(2)40-35(27)39/h25-26,28-34,36-38H,3-24H2,1-2H3/t26-,28?,29+,30-,31+,32-,33-,34-/m0/s1. The van der Waals surface area contributed by atoms with Crippen molar-refractivity contribution in [2.45, 2.75) is 204 Å². The monoisotopic (exact) mass is 594 g/mol. The number of hydrogen-bond donors (Lipinski definition) is 3. The van der Waals surface area contributed by atoms with Crippen LogP contribution in [-0.4, -0.2) is 70.1 Å². The summed E-state index contributed by atoms with van der Waals surface area (Å²) >= 11 is 0. The van der Waals surface area contributed by atoms with Gasteiger partial charge in [-0.05, 0) is 83.6 Å². The number of aliphatic hydroxyl groups is 3. The normalized spacial score (nSPS) is 28.2. The van der Waals surface area contributed by atoms with Gasteiger partial charge in [0.15, 0.2) is 0 Å². The third kappa shape index (κ3) is 12.9. The largest absolute Gasteiger partial charge is 0.455 e. The van der Waals surface area contributed by atoms with E-state index in [0.717, 1.165) is 95.5 Å². The molecule has 0 amide bonds. The lowest BCUT2D eigenvalue weighted by atomic mass is 9.99. The number of esters is 1. The van der Waals surface area contributed by atoms with Crippen LogP contribution in [0.5, 0.6) is 0 Å². The lowest BCUT2D eigenvalue weighted by molar-refractivity contribution is -0.139. The van der Waals surface area contributed by atoms with Crippen LogP contribution in [0.2, 0.25) is 0 Å². The molecule has 3 aliphatic heterocycles. The van der Waals surface area contributed by atoms with Gasteiger partial charge in [0.2, 0.25) is 0 Å². The summed E-state index contributed by atoms with van der Waals surface area (Å²) in [7, 11) is 0. The van der Waals surface area contributed by atoms with Crippen molar-refractivity contribution >= 4 is 5.97 Å². The number of aliphatic hydroxyl groups excluding tert-OH is 3. The molecule has 3 rings (SSSR count). The highest BCUT2D eigenvalue weighted by atomic mass is 16.6. The number of carbonyl (C=O) groups is 1. The van der Waals surface area contributed by atoms with Gasteiger partial charge in [-0.15, -0.1) is 0 Å². The number of hydrogen-bond acceptors (Lipinski definition) is 7. The second kappa shape index (κ2) is 20.1. The van der Waals surface area contributed by atoms with Gasteiger partial charge in [0.05, 0.1) is 42.7 Å². The fourth-order valence-corrected chi connectivity index (χ4v) is 6.92. The van der Waals surface area contributed by atoms with E-state index >= 15 is 0 Å². The van der Waals surface area contributed by atoms with E-state index in [-0.39, 0.29) is 42.6 Å². The zero-order chi connectivity index (χ0) is 30.2. The van der Waals surface area contributed by atoms with Gasteiger partial charge in [-0.3, -0.25) is 0 Å². The fraction of sp³-hybridized carbons (Fsp3) is 0.914. The molecule has 0 aromatic carbocycles. The summed E-state index contributed by atoms with van der Waals surface area (Å²) in [5.74, 6) is -0.133. The molecule has 3 heterocycles. The number of carbonyl (C=O) groups excluding carboxylic acids is 1. The molecule has 3 aliphatic rings. The molecule has 7 nitrogen and oxygen atoms in total. The van der Waals surface area contributed by atoms with Gasteiger partial charge < -0.3 is 29.5 Å². The van der Waals surface area contributed by atoms with Gasteiger partial charge in [-0.1, -0.05) is 77.6 Å². The second-order valence-electron chi connectivity index (χ2n) is 13.3. The minimum absolute atomic E-state index is 0.0123. The van der Waals surface area contributed by atoms with E-state index in [2.05, 4.69) is 6.92 Å². The van der Waals surface area contributed by atoms with Crippen LogP contribution in [0.1, 0.15) is 155 Å². The van der Waals surface area contributed by atoms with E-state index in [0.29, 0.717) is 6.42 Å². The van der Waals surface area contributed by atoms with Crippen molar-refractivity contribution in [2.75, 3.05) is 0 Å². The number of ether oxygens (including phenoxy) is 3. The molecule has 3 N–H and O–H groups in total. The van der Waals surface area contributed by atoms with Crippen molar-refractivity contribution in [1.82, 2.24) is 0 Å². The maximum Gasteiger partial charge on any atom is 0.334 e. The topological polar surface area (TPSA) is 105 Å². The molecule has 0 spiro atoms. The molecule has 1 unspecified atom stereocenters. The number of cyclic esters (lactones) is 1. The first kappa shape index (κ1) is 35.5. The average Bonchev–Trinajstić information content (AvgIpc) is 3.72. The van der Waals surface area contributed by atoms with Crippen molar-refractivity contribution in [3.8, 4) is 0 Å². The molecular formula is C35H62O7. The zero-order valence-electron chi connectivity index (χ0n) is 26.7. The summed E-state index contributed by atoms with van der Waals surface area (Å²) in [6.07, 6.45) is 22.8. The highest BCUT2D eigenvalue weighted by Crippen LogP contribution is 2.34. The van der Waals surface area contributed by atoms with Gasteiger partial charge >= 0.3 is 5.97 Å². The van der Waals surface area contributed by atoms with Crippen LogP contribution < -0.4 is 0 Å². The molecule has 0 bridgehead atoms. The maximum atomic E-state index is 11.6. The Morgan fingerprint density at radius 1 is 0.690 bits per heavy atom.